The van der Waals surface area contributed by atoms with Gasteiger partial charge in [-0.15, -0.1) is 0 Å². The van der Waals surface area contributed by atoms with Crippen LogP contribution in [-0.2, 0) is 0 Å². The average molecular weight is 160 g/mol. The van der Waals surface area contributed by atoms with Crippen molar-refractivity contribution in [3.8, 4) is 0 Å². The van der Waals surface area contributed by atoms with Crippen molar-refractivity contribution in [2.75, 3.05) is 0 Å². The molecule has 0 aliphatic carbocycles. The third-order valence-corrected chi connectivity index (χ3v) is 3.50. The van der Waals surface area contributed by atoms with Crippen molar-refractivity contribution in [2.24, 2.45) is 0 Å². The molecule has 0 saturated carbocycles. The maximum absolute atomic E-state index is 4.87. The highest BCUT2D eigenvalue weighted by Gasteiger charge is 2.00. The molecule has 1 aliphatic heterocycles. The third kappa shape index (κ3) is 1.65. The Bertz CT molecular complexity index is 139. The Balaban J connectivity index is 2.68. The van der Waals surface area contributed by atoms with Crippen LogP contribution in [0.3, 0.4) is 0 Å². The smallest absolute Gasteiger partial charge is 0.0816 e. The number of allylic oxidation sites excluding steroid dienone is 1. The molecular weight excluding hydrogens is 156 g/mol. The summed E-state index contributed by atoms with van der Waals surface area (Å²) in [6, 6.07) is 0. The van der Waals surface area contributed by atoms with E-state index in [0.717, 1.165) is 9.10 Å². The van der Waals surface area contributed by atoms with Gasteiger partial charge in [-0.3, -0.25) is 0 Å². The van der Waals surface area contributed by atoms with Gasteiger partial charge in [0.15, 0.2) is 0 Å². The summed E-state index contributed by atoms with van der Waals surface area (Å²) in [5.41, 5.74) is 0. The first-order valence-electron chi connectivity index (χ1n) is 2.04. The van der Waals surface area contributed by atoms with Gasteiger partial charge in [-0.05, 0) is 22.9 Å². The van der Waals surface area contributed by atoms with Gasteiger partial charge in [0, 0.05) is 4.91 Å². The Morgan fingerprint density at radius 1 is 1.38 bits per heavy atom. The van der Waals surface area contributed by atoms with E-state index in [1.54, 1.807) is 21.6 Å². The van der Waals surface area contributed by atoms with Crippen LogP contribution in [0.15, 0.2) is 23.6 Å². The van der Waals surface area contributed by atoms with Crippen LogP contribution >= 0.6 is 33.8 Å². The standard InChI is InChI=1S/C5H4S3/c1-4-2-3-5(6)8-7-4/h2-3H,1H2. The average Bonchev–Trinajstić information content (AvgIpc) is 1.77. The van der Waals surface area contributed by atoms with Gasteiger partial charge in [-0.25, -0.2) is 0 Å². The molecule has 8 heavy (non-hydrogen) atoms. The summed E-state index contributed by atoms with van der Waals surface area (Å²) in [5, 5.41) is 0. The van der Waals surface area contributed by atoms with E-state index in [4.69, 9.17) is 12.2 Å². The predicted octanol–water partition coefficient (Wildman–Crippen LogP) is 2.78. The molecule has 0 amide bonds. The molecule has 0 radical (unpaired) electrons. The second-order valence-electron chi connectivity index (χ2n) is 1.29. The second kappa shape index (κ2) is 2.71. The first-order chi connectivity index (χ1) is 3.79. The van der Waals surface area contributed by atoms with Crippen molar-refractivity contribution in [3.05, 3.63) is 23.6 Å². The summed E-state index contributed by atoms with van der Waals surface area (Å²) >= 11 is 4.87. The van der Waals surface area contributed by atoms with Crippen molar-refractivity contribution in [2.45, 2.75) is 0 Å². The van der Waals surface area contributed by atoms with Crippen molar-refractivity contribution in [1.82, 2.24) is 0 Å². The Kier molecular flexibility index (Phi) is 2.16. The summed E-state index contributed by atoms with van der Waals surface area (Å²) in [7, 11) is 3.21. The molecule has 0 aromatic heterocycles. The molecule has 1 aliphatic rings. The maximum atomic E-state index is 4.87. The van der Waals surface area contributed by atoms with E-state index >= 15 is 0 Å². The number of hydrogen-bond donors (Lipinski definition) is 0. The summed E-state index contributed by atoms with van der Waals surface area (Å²) in [6.07, 6.45) is 3.84. The highest BCUT2D eigenvalue weighted by molar-refractivity contribution is 8.85. The quantitative estimate of drug-likeness (QED) is 0.395. The molecule has 0 fully saturated rings. The normalized spacial score (nSPS) is 19.5. The minimum atomic E-state index is 0.933. The molecule has 3 heteroatoms. The Hall–Kier alpha value is 0.270. The van der Waals surface area contributed by atoms with E-state index in [1.807, 2.05) is 12.2 Å². The van der Waals surface area contributed by atoms with Crippen LogP contribution in [0.1, 0.15) is 0 Å². The zero-order valence-electron chi connectivity index (χ0n) is 4.09. The fourth-order valence-corrected chi connectivity index (χ4v) is 2.02. The van der Waals surface area contributed by atoms with Gasteiger partial charge >= 0.3 is 0 Å². The van der Waals surface area contributed by atoms with Gasteiger partial charge in [0.1, 0.15) is 0 Å². The van der Waals surface area contributed by atoms with Gasteiger partial charge in [0.2, 0.25) is 0 Å². The molecule has 0 aromatic carbocycles. The van der Waals surface area contributed by atoms with Gasteiger partial charge in [-0.1, -0.05) is 29.6 Å². The fraction of sp³-hybridized carbons (Fsp3) is 0. The minimum Gasteiger partial charge on any atom is -0.0845 e. The topological polar surface area (TPSA) is 0 Å². The largest absolute Gasteiger partial charge is 0.0845 e. The molecule has 1 heterocycles. The zero-order valence-corrected chi connectivity index (χ0v) is 6.54. The van der Waals surface area contributed by atoms with E-state index in [1.165, 1.54) is 0 Å². The molecular formula is C5H4S3. The number of thiocarbonyl (C=S) groups is 1. The Morgan fingerprint density at radius 3 is 2.50 bits per heavy atom. The molecule has 0 aromatic rings. The Labute approximate surface area is 61.8 Å². The predicted molar refractivity (Wildman–Crippen MR) is 46.1 cm³/mol. The van der Waals surface area contributed by atoms with Crippen molar-refractivity contribution < 1.29 is 0 Å². The minimum absolute atomic E-state index is 0.933. The summed E-state index contributed by atoms with van der Waals surface area (Å²) < 4.78 is 0.933. The highest BCUT2D eigenvalue weighted by Crippen LogP contribution is 2.35. The lowest BCUT2D eigenvalue weighted by molar-refractivity contribution is 2.02. The lowest BCUT2D eigenvalue weighted by atomic mass is 10.5. The van der Waals surface area contributed by atoms with E-state index in [2.05, 4.69) is 6.58 Å². The molecule has 0 unspecified atom stereocenters. The van der Waals surface area contributed by atoms with E-state index in [0.29, 0.717) is 0 Å². The second-order valence-corrected chi connectivity index (χ2v) is 4.28. The molecule has 0 spiro atoms. The monoisotopic (exact) mass is 160 g/mol. The van der Waals surface area contributed by atoms with E-state index in [9.17, 15) is 0 Å². The molecule has 42 valence electrons. The van der Waals surface area contributed by atoms with Gasteiger partial charge in [0.05, 0.1) is 4.20 Å². The highest BCUT2D eigenvalue weighted by atomic mass is 33.1. The molecule has 0 atom stereocenters. The molecule has 0 nitrogen and oxygen atoms in total. The van der Waals surface area contributed by atoms with Gasteiger partial charge in [-0.2, -0.15) is 0 Å². The van der Waals surface area contributed by atoms with Crippen LogP contribution in [0.5, 0.6) is 0 Å². The molecule has 1 rings (SSSR count). The van der Waals surface area contributed by atoms with Crippen LogP contribution in [0.2, 0.25) is 0 Å². The third-order valence-electron chi connectivity index (χ3n) is 0.636. The van der Waals surface area contributed by atoms with Crippen LogP contribution in [0.4, 0.5) is 0 Å². The Morgan fingerprint density at radius 2 is 2.12 bits per heavy atom. The van der Waals surface area contributed by atoms with Crippen LogP contribution in [0, 0.1) is 0 Å². The van der Waals surface area contributed by atoms with Crippen molar-refractivity contribution in [3.63, 3.8) is 0 Å². The van der Waals surface area contributed by atoms with Crippen LogP contribution in [0.25, 0.3) is 0 Å². The SMILES string of the molecule is C=C1C=CC(=S)SS1. The van der Waals surface area contributed by atoms with Crippen molar-refractivity contribution >= 4 is 38.0 Å². The van der Waals surface area contributed by atoms with Gasteiger partial charge in [0.25, 0.3) is 0 Å². The lowest BCUT2D eigenvalue weighted by Crippen LogP contribution is -1.81. The molecule has 0 bridgehead atoms. The fourth-order valence-electron chi connectivity index (χ4n) is 0.311. The van der Waals surface area contributed by atoms with Crippen LogP contribution in [-0.4, -0.2) is 4.20 Å². The first-order valence-corrected chi connectivity index (χ1v) is 4.60. The summed E-state index contributed by atoms with van der Waals surface area (Å²) in [5.74, 6) is 0. The summed E-state index contributed by atoms with van der Waals surface area (Å²) in [6.45, 7) is 3.74. The molecule has 0 N–H and O–H groups in total. The van der Waals surface area contributed by atoms with E-state index in [-0.39, 0.29) is 0 Å². The van der Waals surface area contributed by atoms with Gasteiger partial charge < -0.3 is 0 Å². The first kappa shape index (κ1) is 6.39. The maximum Gasteiger partial charge on any atom is 0.0816 e. The lowest BCUT2D eigenvalue weighted by Gasteiger charge is -2.02. The number of hydrogen-bond acceptors (Lipinski definition) is 3. The van der Waals surface area contributed by atoms with Crippen molar-refractivity contribution in [1.29, 1.82) is 0 Å². The van der Waals surface area contributed by atoms with Crippen LogP contribution < -0.4 is 0 Å². The zero-order chi connectivity index (χ0) is 5.98. The van der Waals surface area contributed by atoms with E-state index < -0.39 is 0 Å². The number of rotatable bonds is 0. The molecule has 0 saturated heterocycles. The summed E-state index contributed by atoms with van der Waals surface area (Å²) in [4.78, 5) is 1.07.